The number of pyridine rings is 2. The zero-order chi connectivity index (χ0) is 49.5. The molecular weight excluding hydrogens is 943 g/mol. The normalized spacial score (nSPS) is 12.1. The highest BCUT2D eigenvalue weighted by Crippen LogP contribution is 2.25. The molecule has 18 nitrogen and oxygen atoms in total. The number of aromatic nitrogens is 6. The summed E-state index contributed by atoms with van der Waals surface area (Å²) in [7, 11) is -7.72. The van der Waals surface area contributed by atoms with Crippen LogP contribution in [-0.4, -0.2) is 60.2 Å². The van der Waals surface area contributed by atoms with E-state index in [2.05, 4.69) is 46.2 Å². The first-order chi connectivity index (χ1) is 33.6. The first-order valence-electron chi connectivity index (χ1n) is 21.4. The molecule has 0 spiro atoms. The molecule has 0 saturated carbocycles. The Morgan fingerprint density at radius 1 is 0.557 bits per heavy atom. The Morgan fingerprint density at radius 2 is 0.971 bits per heavy atom. The zero-order valence-electron chi connectivity index (χ0n) is 37.2. The van der Waals surface area contributed by atoms with Gasteiger partial charge in [-0.15, -0.1) is 0 Å². The molecule has 0 atom stereocenters. The molecule has 22 heteroatoms. The fourth-order valence-corrected chi connectivity index (χ4v) is 7.64. The molecule has 1 fully saturated rings. The molecule has 4 aromatic heterocycles. The second kappa shape index (κ2) is 23.3. The van der Waals surface area contributed by atoms with Crippen molar-refractivity contribution < 1.29 is 40.3 Å². The largest absolute Gasteiger partial charge is 0.381 e. The van der Waals surface area contributed by atoms with Crippen molar-refractivity contribution in [3.05, 3.63) is 192 Å². The van der Waals surface area contributed by atoms with E-state index in [4.69, 9.17) is 15.0 Å². The Morgan fingerprint density at radius 3 is 1.37 bits per heavy atom. The van der Waals surface area contributed by atoms with Crippen LogP contribution in [0.2, 0.25) is 0 Å². The number of primary sulfonamides is 2. The average molecular weight is 990 g/mol. The maximum Gasteiger partial charge on any atom is 0.238 e. The summed E-state index contributed by atoms with van der Waals surface area (Å²) in [5.74, 6) is -1.17. The van der Waals surface area contributed by atoms with Crippen molar-refractivity contribution in [2.24, 2.45) is 10.3 Å². The molecule has 70 heavy (non-hydrogen) atoms. The SMILES string of the molecule is C1CCOC1.NS(=O)(=O)c1cccc(Nc2ncc(F)c(Nc3ccc(Cc4cc[n+](O)cc4)cc3)n2)c1.NS(=O)(=O)c1cccc(Nc2ncc(F)c(Nc3ccc(Cc4ccncc4)cc3)n2)c1. The van der Waals surface area contributed by atoms with Gasteiger partial charge in [0.05, 0.1) is 22.2 Å². The topological polar surface area (TPSA) is 266 Å². The Labute approximate surface area is 402 Å². The molecule has 0 amide bonds. The summed E-state index contributed by atoms with van der Waals surface area (Å²) >= 11 is 0. The highest BCUT2D eigenvalue weighted by Gasteiger charge is 2.13. The molecule has 9 N–H and O–H groups in total. The second-order valence-corrected chi connectivity index (χ2v) is 18.6. The Bertz CT molecular complexity index is 3230. The number of halogens is 2. The lowest BCUT2D eigenvalue weighted by Crippen LogP contribution is -2.27. The molecule has 9 rings (SSSR count). The van der Waals surface area contributed by atoms with Gasteiger partial charge >= 0.3 is 0 Å². The van der Waals surface area contributed by atoms with Crippen molar-refractivity contribution in [1.82, 2.24) is 24.9 Å². The molecule has 5 heterocycles. The summed E-state index contributed by atoms with van der Waals surface area (Å²) in [6, 6.07) is 34.2. The smallest absolute Gasteiger partial charge is 0.238 e. The van der Waals surface area contributed by atoms with E-state index >= 15 is 0 Å². The van der Waals surface area contributed by atoms with Crippen molar-refractivity contribution in [3.63, 3.8) is 0 Å². The monoisotopic (exact) mass is 989 g/mol. The molecule has 0 unspecified atom stereocenters. The summed E-state index contributed by atoms with van der Waals surface area (Å²) in [5.41, 5.74) is 6.38. The van der Waals surface area contributed by atoms with Crippen molar-refractivity contribution in [2.75, 3.05) is 34.5 Å². The number of benzene rings is 4. The van der Waals surface area contributed by atoms with E-state index in [1.54, 1.807) is 49.1 Å². The number of hydrogen-bond donors (Lipinski definition) is 7. The molecule has 4 aromatic carbocycles. The Balaban J connectivity index is 0.000000187. The van der Waals surface area contributed by atoms with Gasteiger partial charge in [-0.1, -0.05) is 36.4 Å². The minimum absolute atomic E-state index is 0.0213. The molecule has 0 aliphatic carbocycles. The molecule has 1 saturated heterocycles. The zero-order valence-corrected chi connectivity index (χ0v) is 38.8. The van der Waals surface area contributed by atoms with Gasteiger partial charge in [0.25, 0.3) is 0 Å². The van der Waals surface area contributed by atoms with E-state index < -0.39 is 31.7 Å². The van der Waals surface area contributed by atoms with Crippen LogP contribution in [0.25, 0.3) is 0 Å². The van der Waals surface area contributed by atoms with Gasteiger partial charge in [-0.3, -0.25) is 10.2 Å². The molecule has 8 aromatic rings. The second-order valence-electron chi connectivity index (χ2n) is 15.4. The van der Waals surface area contributed by atoms with E-state index in [9.17, 15) is 30.8 Å². The van der Waals surface area contributed by atoms with E-state index in [0.29, 0.717) is 29.2 Å². The number of nitrogens with zero attached hydrogens (tertiary/aromatic N) is 6. The van der Waals surface area contributed by atoms with E-state index in [1.165, 1.54) is 49.2 Å². The van der Waals surface area contributed by atoms with Crippen LogP contribution in [-0.2, 0) is 37.6 Å². The number of sulfonamides is 2. The average Bonchev–Trinajstić information content (AvgIpc) is 3.95. The molecular formula is C48H47F2N12O6S2+. The van der Waals surface area contributed by atoms with Crippen LogP contribution in [0.5, 0.6) is 0 Å². The summed E-state index contributed by atoms with van der Waals surface area (Å²) in [6.07, 6.45) is 12.6. The molecule has 360 valence electrons. The maximum atomic E-state index is 14.3. The summed E-state index contributed by atoms with van der Waals surface area (Å²) in [5, 5.41) is 31.1. The lowest BCUT2D eigenvalue weighted by atomic mass is 10.1. The van der Waals surface area contributed by atoms with Gasteiger partial charge in [0.2, 0.25) is 44.3 Å². The predicted molar refractivity (Wildman–Crippen MR) is 259 cm³/mol. The van der Waals surface area contributed by atoms with Gasteiger partial charge in [0, 0.05) is 65.2 Å². The van der Waals surface area contributed by atoms with E-state index in [1.807, 2.05) is 60.7 Å². The van der Waals surface area contributed by atoms with Crippen molar-refractivity contribution in [1.29, 1.82) is 0 Å². The first kappa shape index (κ1) is 49.9. The fourth-order valence-electron chi connectivity index (χ4n) is 6.52. The first-order valence-corrected chi connectivity index (χ1v) is 24.5. The van der Waals surface area contributed by atoms with Gasteiger partial charge < -0.3 is 26.0 Å². The number of rotatable bonds is 14. The molecule has 0 radical (unpaired) electrons. The highest BCUT2D eigenvalue weighted by molar-refractivity contribution is 7.89. The van der Waals surface area contributed by atoms with Gasteiger partial charge in [-0.2, -0.15) is 9.97 Å². The third kappa shape index (κ3) is 15.2. The Hall–Kier alpha value is -8.02. The summed E-state index contributed by atoms with van der Waals surface area (Å²) < 4.78 is 80.6. The van der Waals surface area contributed by atoms with Crippen LogP contribution in [0.3, 0.4) is 0 Å². The van der Waals surface area contributed by atoms with Crippen LogP contribution in [0.4, 0.5) is 55.1 Å². The van der Waals surface area contributed by atoms with Gasteiger partial charge in [-0.25, -0.2) is 45.9 Å². The lowest BCUT2D eigenvalue weighted by Gasteiger charge is -2.11. The molecule has 1 aliphatic rings. The maximum absolute atomic E-state index is 14.3. The number of nitrogens with one attached hydrogen (secondary N) is 4. The summed E-state index contributed by atoms with van der Waals surface area (Å²) in [4.78, 5) is 20.0. The number of nitrogens with two attached hydrogens (primary N) is 2. The van der Waals surface area contributed by atoms with Crippen LogP contribution >= 0.6 is 0 Å². The summed E-state index contributed by atoms with van der Waals surface area (Å²) in [6.45, 7) is 2.00. The fraction of sp³-hybridized carbons (Fsp3) is 0.125. The van der Waals surface area contributed by atoms with Crippen molar-refractivity contribution >= 4 is 66.3 Å². The van der Waals surface area contributed by atoms with Crippen LogP contribution in [0.1, 0.15) is 35.1 Å². The van der Waals surface area contributed by atoms with E-state index in [0.717, 1.165) is 59.0 Å². The molecule has 0 bridgehead atoms. The standard InChI is InChI=1S/C22H20FN6O3S.C22H19FN6O2S.C4H8O/c23-20-14-25-22(27-18-2-1-3-19(13-18)33(24,31)32)28-21(20)26-17-6-4-15(5-7-17)12-16-8-10-29(30)11-9-16;23-20-14-26-22(28-18-2-1-3-19(13-18)32(24,30)31)29-21(20)27-17-6-4-15(5-7-17)12-16-8-10-25-11-9-16;1-2-4-5-3-1/h1-11,13-14,30H,12H2,(H2,24,31,32)(H2,25,26,27,28);1-11,13-14H,12H2,(H2,24,30,31)(H2,26,27,28,29);1-4H2/q+1;;. The number of hydrogen-bond acceptors (Lipinski definition) is 15. The lowest BCUT2D eigenvalue weighted by molar-refractivity contribution is -0.904. The third-order valence-electron chi connectivity index (χ3n) is 10.0. The third-order valence-corrected chi connectivity index (χ3v) is 11.9. The molecule has 1 aliphatic heterocycles. The number of ether oxygens (including phenoxy) is 1. The van der Waals surface area contributed by atoms with Crippen LogP contribution in [0, 0.1) is 11.6 Å². The van der Waals surface area contributed by atoms with Crippen molar-refractivity contribution in [3.8, 4) is 0 Å². The quantitative estimate of drug-likeness (QED) is 0.0413. The predicted octanol–water partition coefficient (Wildman–Crippen LogP) is 7.40. The number of anilines is 8. The van der Waals surface area contributed by atoms with Gasteiger partial charge in [-0.05, 0) is 121 Å². The Kier molecular flexibility index (Phi) is 16.6. The van der Waals surface area contributed by atoms with Gasteiger partial charge in [0.15, 0.2) is 23.3 Å². The van der Waals surface area contributed by atoms with Gasteiger partial charge in [0.1, 0.15) is 0 Å². The minimum atomic E-state index is -3.86. The highest BCUT2D eigenvalue weighted by atomic mass is 32.2. The van der Waals surface area contributed by atoms with Crippen LogP contribution in [0.15, 0.2) is 168 Å². The van der Waals surface area contributed by atoms with E-state index in [-0.39, 0.29) is 33.3 Å². The van der Waals surface area contributed by atoms with Crippen LogP contribution < -0.4 is 36.3 Å². The van der Waals surface area contributed by atoms with Crippen molar-refractivity contribution in [2.45, 2.75) is 35.5 Å². The minimum Gasteiger partial charge on any atom is -0.381 e.